The maximum atomic E-state index is 13.8. The van der Waals surface area contributed by atoms with Gasteiger partial charge in [0.25, 0.3) is 0 Å². The number of hydrogen-bond donors (Lipinski definition) is 4. The van der Waals surface area contributed by atoms with Crippen LogP contribution in [0, 0.1) is 0 Å². The van der Waals surface area contributed by atoms with Gasteiger partial charge < -0.3 is 30.3 Å². The first-order chi connectivity index (χ1) is 17.4. The van der Waals surface area contributed by atoms with Crippen LogP contribution in [-0.2, 0) is 0 Å². The number of ether oxygens (including phenoxy) is 2. The summed E-state index contributed by atoms with van der Waals surface area (Å²) in [4.78, 5) is 27.5. The van der Waals surface area contributed by atoms with Gasteiger partial charge in [0.15, 0.2) is 0 Å². The van der Waals surface area contributed by atoms with Crippen LogP contribution < -0.4 is 20.1 Å². The molecule has 1 aliphatic carbocycles. The van der Waals surface area contributed by atoms with Crippen molar-refractivity contribution >= 4 is 34.3 Å². The molecule has 4 aromatic carbocycles. The lowest BCUT2D eigenvalue weighted by Gasteiger charge is -2.25. The zero-order chi connectivity index (χ0) is 25.4. The molecule has 0 aromatic heterocycles. The second-order valence-electron chi connectivity index (χ2n) is 8.07. The molecule has 180 valence electrons. The largest absolute Gasteiger partial charge is 0.507 e. The lowest BCUT2D eigenvalue weighted by atomic mass is 9.81. The number of ketones is 2. The fourth-order valence-electron chi connectivity index (χ4n) is 4.36. The summed E-state index contributed by atoms with van der Waals surface area (Å²) in [6.45, 7) is 0. The Labute approximate surface area is 206 Å². The number of carbonyl (C=O) groups is 2. The Bertz CT molecular complexity index is 1410. The summed E-state index contributed by atoms with van der Waals surface area (Å²) in [5.74, 6) is -0.832. The van der Waals surface area contributed by atoms with Crippen molar-refractivity contribution in [3.05, 3.63) is 95.1 Å². The number of nitrogens with one attached hydrogen (secondary N) is 2. The van der Waals surface area contributed by atoms with E-state index in [0.717, 1.165) is 0 Å². The third kappa shape index (κ3) is 3.65. The van der Waals surface area contributed by atoms with E-state index in [1.807, 2.05) is 0 Å². The minimum Gasteiger partial charge on any atom is -0.507 e. The smallest absolute Gasteiger partial charge is 0.200 e. The fraction of sp³-hybridized carbons (Fsp3) is 0.0714. The van der Waals surface area contributed by atoms with Crippen LogP contribution >= 0.6 is 0 Å². The van der Waals surface area contributed by atoms with Crippen LogP contribution in [0.1, 0.15) is 31.8 Å². The number of carbonyl (C=O) groups excluding carboxylic acids is 2. The predicted octanol–water partition coefficient (Wildman–Crippen LogP) is 5.38. The Kier molecular flexibility index (Phi) is 5.69. The molecule has 8 heteroatoms. The van der Waals surface area contributed by atoms with Crippen LogP contribution in [0.2, 0.25) is 0 Å². The van der Waals surface area contributed by atoms with Gasteiger partial charge in [-0.25, -0.2) is 0 Å². The number of hydrogen-bond acceptors (Lipinski definition) is 8. The molecule has 5 rings (SSSR count). The highest BCUT2D eigenvalue weighted by Gasteiger charge is 2.38. The van der Waals surface area contributed by atoms with Gasteiger partial charge in [-0.2, -0.15) is 0 Å². The number of rotatable bonds is 6. The minimum absolute atomic E-state index is 0.0388. The number of phenols is 2. The highest BCUT2D eigenvalue weighted by Crippen LogP contribution is 2.44. The molecule has 0 radical (unpaired) electrons. The third-order valence-corrected chi connectivity index (χ3v) is 6.03. The summed E-state index contributed by atoms with van der Waals surface area (Å²) in [6.07, 6.45) is 0. The predicted molar refractivity (Wildman–Crippen MR) is 136 cm³/mol. The van der Waals surface area contributed by atoms with E-state index in [1.54, 1.807) is 48.5 Å². The highest BCUT2D eigenvalue weighted by molar-refractivity contribution is 6.33. The number of benzene rings is 4. The Morgan fingerprint density at radius 3 is 1.31 bits per heavy atom. The van der Waals surface area contributed by atoms with Crippen molar-refractivity contribution in [3.63, 3.8) is 0 Å². The van der Waals surface area contributed by atoms with Gasteiger partial charge in [0.1, 0.15) is 23.0 Å². The second-order valence-corrected chi connectivity index (χ2v) is 8.07. The van der Waals surface area contributed by atoms with E-state index in [9.17, 15) is 19.8 Å². The van der Waals surface area contributed by atoms with Crippen molar-refractivity contribution in [2.24, 2.45) is 0 Å². The van der Waals surface area contributed by atoms with Gasteiger partial charge in [-0.1, -0.05) is 24.3 Å². The molecule has 8 nitrogen and oxygen atoms in total. The van der Waals surface area contributed by atoms with E-state index in [0.29, 0.717) is 34.2 Å². The number of anilines is 4. The average Bonchev–Trinajstić information content (AvgIpc) is 2.89. The van der Waals surface area contributed by atoms with Gasteiger partial charge in [-0.3, -0.25) is 9.59 Å². The van der Waals surface area contributed by atoms with E-state index in [-0.39, 0.29) is 33.8 Å². The van der Waals surface area contributed by atoms with Crippen LogP contribution in [0.15, 0.2) is 72.8 Å². The lowest BCUT2D eigenvalue weighted by molar-refractivity contribution is 0.0975. The van der Waals surface area contributed by atoms with Crippen molar-refractivity contribution in [2.75, 3.05) is 24.9 Å². The van der Waals surface area contributed by atoms with E-state index < -0.39 is 11.6 Å². The summed E-state index contributed by atoms with van der Waals surface area (Å²) >= 11 is 0. The van der Waals surface area contributed by atoms with Gasteiger partial charge in [0.05, 0.1) is 59.2 Å². The number of phenolic OH excluding ortho intramolecular Hbond substituents is 2. The van der Waals surface area contributed by atoms with Crippen LogP contribution in [0.5, 0.6) is 23.0 Å². The normalized spacial score (nSPS) is 11.9. The molecule has 0 bridgehead atoms. The van der Waals surface area contributed by atoms with E-state index in [1.165, 1.54) is 38.5 Å². The van der Waals surface area contributed by atoms with Gasteiger partial charge in [0, 0.05) is 0 Å². The van der Waals surface area contributed by atoms with Gasteiger partial charge in [0.2, 0.25) is 11.6 Å². The monoisotopic (exact) mass is 482 g/mol. The summed E-state index contributed by atoms with van der Waals surface area (Å²) in [6, 6.07) is 19.9. The topological polar surface area (TPSA) is 117 Å². The Morgan fingerprint density at radius 1 is 0.528 bits per heavy atom. The Morgan fingerprint density at radius 2 is 0.917 bits per heavy atom. The summed E-state index contributed by atoms with van der Waals surface area (Å²) in [7, 11) is 3.04. The lowest BCUT2D eigenvalue weighted by Crippen LogP contribution is -2.24. The van der Waals surface area contributed by atoms with E-state index in [2.05, 4.69) is 10.6 Å². The Hall–Kier alpha value is -4.98. The summed E-state index contributed by atoms with van der Waals surface area (Å²) < 4.78 is 10.8. The second kappa shape index (κ2) is 8.99. The highest BCUT2D eigenvalue weighted by atomic mass is 16.5. The molecule has 0 saturated carbocycles. The molecule has 0 atom stereocenters. The number of methoxy groups -OCH3 is 2. The maximum Gasteiger partial charge on any atom is 0.200 e. The van der Waals surface area contributed by atoms with Crippen molar-refractivity contribution in [3.8, 4) is 23.0 Å². The van der Waals surface area contributed by atoms with Crippen molar-refractivity contribution < 1.29 is 29.3 Å². The number of para-hydroxylation sites is 4. The van der Waals surface area contributed by atoms with Crippen LogP contribution in [0.25, 0.3) is 0 Å². The van der Waals surface area contributed by atoms with Gasteiger partial charge in [-0.05, 0) is 48.5 Å². The molecule has 4 N–H and O–H groups in total. The van der Waals surface area contributed by atoms with Gasteiger partial charge in [-0.15, -0.1) is 0 Å². The van der Waals surface area contributed by atoms with Crippen molar-refractivity contribution in [1.82, 2.24) is 0 Å². The number of fused-ring (bicyclic) bond motifs is 2. The summed E-state index contributed by atoms with van der Waals surface area (Å²) in [5, 5.41) is 27.6. The molecular formula is C28H22N2O6. The zero-order valence-corrected chi connectivity index (χ0v) is 19.5. The molecule has 0 aliphatic heterocycles. The first-order valence-electron chi connectivity index (χ1n) is 11.1. The number of aromatic hydroxyl groups is 2. The first kappa shape index (κ1) is 22.8. The van der Waals surface area contributed by atoms with Crippen LogP contribution in [0.3, 0.4) is 0 Å². The van der Waals surface area contributed by atoms with Gasteiger partial charge >= 0.3 is 0 Å². The summed E-state index contributed by atoms with van der Waals surface area (Å²) in [5.41, 5.74) is 1.33. The third-order valence-electron chi connectivity index (χ3n) is 6.03. The Balaban J connectivity index is 1.66. The molecule has 0 spiro atoms. The van der Waals surface area contributed by atoms with E-state index >= 15 is 0 Å². The average molecular weight is 482 g/mol. The zero-order valence-electron chi connectivity index (χ0n) is 19.5. The maximum absolute atomic E-state index is 13.8. The van der Waals surface area contributed by atoms with Crippen LogP contribution in [0.4, 0.5) is 22.7 Å². The first-order valence-corrected chi connectivity index (χ1v) is 11.1. The molecule has 0 fully saturated rings. The molecular weight excluding hydrogens is 460 g/mol. The fourth-order valence-corrected chi connectivity index (χ4v) is 4.36. The molecule has 0 amide bonds. The van der Waals surface area contributed by atoms with Crippen molar-refractivity contribution in [1.29, 1.82) is 0 Å². The standard InChI is InChI=1S/C28H22N2O6/c1-35-21-9-5-3-7-15(21)29-17-11-13-19(31)25-23(17)27(33)26-20(32)14-12-18(24(26)28(25)34)30-16-8-4-6-10-22(16)36-2/h3-14,29-32H,1-2H3. The molecule has 36 heavy (non-hydrogen) atoms. The molecule has 1 aliphatic rings. The SMILES string of the molecule is COc1ccccc1Nc1ccc(O)c2c1C(=O)c1c(O)ccc(Nc3ccccc3OC)c1C2=O. The van der Waals surface area contributed by atoms with Crippen LogP contribution in [-0.4, -0.2) is 36.0 Å². The quantitative estimate of drug-likeness (QED) is 0.239. The minimum atomic E-state index is -0.603. The molecule has 0 saturated heterocycles. The molecule has 0 heterocycles. The van der Waals surface area contributed by atoms with Crippen molar-refractivity contribution in [2.45, 2.75) is 0 Å². The molecule has 0 unspecified atom stereocenters. The molecule has 4 aromatic rings. The van der Waals surface area contributed by atoms with E-state index in [4.69, 9.17) is 9.47 Å².